The fourth-order valence-electron chi connectivity index (χ4n) is 3.50. The van der Waals surface area contributed by atoms with Crippen LogP contribution in [0.15, 0.2) is 45.1 Å². The molecule has 1 unspecified atom stereocenters. The molecule has 2 aromatic rings. The van der Waals surface area contributed by atoms with Crippen LogP contribution in [-0.4, -0.2) is 24.0 Å². The average molecular weight is 487 g/mol. The number of carbonyl (C=O) groups is 2. The Labute approximate surface area is 205 Å². The van der Waals surface area contributed by atoms with Crippen LogP contribution in [0.25, 0.3) is 6.08 Å². The van der Waals surface area contributed by atoms with Crippen LogP contribution in [0.4, 0.5) is 0 Å². The van der Waals surface area contributed by atoms with Gasteiger partial charge in [0.25, 0.3) is 0 Å². The van der Waals surface area contributed by atoms with Crippen molar-refractivity contribution in [2.75, 3.05) is 7.11 Å². The maximum atomic E-state index is 12.9. The highest BCUT2D eigenvalue weighted by atomic mass is 32.1. The molecule has 0 fully saturated rings. The molecule has 184 valence electrons. The van der Waals surface area contributed by atoms with Crippen molar-refractivity contribution in [3.8, 4) is 5.75 Å². The molecule has 0 aliphatic rings. The number of rotatable bonds is 13. The molecule has 0 spiro atoms. The largest absolute Gasteiger partial charge is 0.507 e. The topological polar surface area (TPSA) is 93.8 Å². The van der Waals surface area contributed by atoms with Crippen molar-refractivity contribution in [2.45, 2.75) is 71.6 Å². The third-order valence-electron chi connectivity index (χ3n) is 5.56. The monoisotopic (exact) mass is 486 g/mol. The Morgan fingerprint density at radius 2 is 2.00 bits per heavy atom. The van der Waals surface area contributed by atoms with E-state index in [-0.39, 0.29) is 23.0 Å². The molecule has 0 aliphatic heterocycles. The second-order valence-corrected chi connectivity index (χ2v) is 9.57. The van der Waals surface area contributed by atoms with Crippen molar-refractivity contribution in [3.63, 3.8) is 0 Å². The maximum Gasteiger partial charge on any atom is 0.351 e. The van der Waals surface area contributed by atoms with Crippen LogP contribution >= 0.6 is 11.3 Å². The number of carbonyl (C=O) groups excluding carboxylic acids is 2. The number of esters is 1. The van der Waals surface area contributed by atoms with Crippen molar-refractivity contribution in [2.24, 2.45) is 0 Å². The van der Waals surface area contributed by atoms with Gasteiger partial charge in [-0.05, 0) is 56.4 Å². The summed E-state index contributed by atoms with van der Waals surface area (Å²) >= 11 is 1.63. The SMILES string of the molecule is CCCCCCc1ccc(C=C(C)C(=O)c2c(O)cc(C(C)CCC=CC(=O)OC)oc2=O)s1. The zero-order valence-electron chi connectivity index (χ0n) is 20.4. The first kappa shape index (κ1) is 27.3. The number of allylic oxidation sites excluding steroid dienone is 2. The number of ketones is 1. The summed E-state index contributed by atoms with van der Waals surface area (Å²) in [4.78, 5) is 38.8. The number of ether oxygens (including phenoxy) is 1. The third kappa shape index (κ3) is 8.13. The molecule has 0 bridgehead atoms. The summed E-state index contributed by atoms with van der Waals surface area (Å²) in [5.74, 6) is -1.27. The van der Waals surface area contributed by atoms with Gasteiger partial charge in [0.2, 0.25) is 0 Å². The summed E-state index contributed by atoms with van der Waals surface area (Å²) in [5, 5.41) is 10.4. The number of unbranched alkanes of at least 4 members (excludes halogenated alkanes) is 3. The normalized spacial score (nSPS) is 12.8. The summed E-state index contributed by atoms with van der Waals surface area (Å²) in [7, 11) is 1.31. The number of hydrogen-bond acceptors (Lipinski definition) is 7. The summed E-state index contributed by atoms with van der Waals surface area (Å²) in [6.07, 6.45) is 11.7. The van der Waals surface area contributed by atoms with Crippen molar-refractivity contribution in [1.82, 2.24) is 0 Å². The van der Waals surface area contributed by atoms with E-state index in [2.05, 4.69) is 17.7 Å². The van der Waals surface area contributed by atoms with Gasteiger partial charge >= 0.3 is 11.6 Å². The molecular weight excluding hydrogens is 452 g/mol. The molecule has 0 aromatic carbocycles. The number of methoxy groups -OCH3 is 1. The van der Waals surface area contributed by atoms with Gasteiger partial charge in [-0.3, -0.25) is 4.79 Å². The maximum absolute atomic E-state index is 12.9. The van der Waals surface area contributed by atoms with Crippen LogP contribution < -0.4 is 5.63 Å². The fourth-order valence-corrected chi connectivity index (χ4v) is 4.55. The lowest BCUT2D eigenvalue weighted by Crippen LogP contribution is -2.16. The molecule has 0 aliphatic carbocycles. The van der Waals surface area contributed by atoms with Crippen molar-refractivity contribution in [3.05, 3.63) is 67.4 Å². The molecule has 2 aromatic heterocycles. The lowest BCUT2D eigenvalue weighted by molar-refractivity contribution is -0.134. The molecule has 34 heavy (non-hydrogen) atoms. The second kappa shape index (κ2) is 13.7. The van der Waals surface area contributed by atoms with Crippen LogP contribution in [0.3, 0.4) is 0 Å². The highest BCUT2D eigenvalue weighted by molar-refractivity contribution is 7.12. The predicted molar refractivity (Wildman–Crippen MR) is 136 cm³/mol. The fraction of sp³-hybridized carbons (Fsp3) is 0.444. The average Bonchev–Trinajstić information content (AvgIpc) is 3.25. The standard InChI is InChI=1S/C27H34O6S/c1-5-6-7-8-12-20-14-15-21(34-20)16-19(3)26(30)25-22(28)17-23(33-27(25)31)18(2)11-9-10-13-24(29)32-4/h10,13-18,28H,5-9,11-12H2,1-4H3. The van der Waals surface area contributed by atoms with E-state index < -0.39 is 17.4 Å². The Balaban J connectivity index is 2.08. The predicted octanol–water partition coefficient (Wildman–Crippen LogP) is 6.43. The molecule has 6 nitrogen and oxygen atoms in total. The lowest BCUT2D eigenvalue weighted by Gasteiger charge is -2.11. The third-order valence-corrected chi connectivity index (χ3v) is 6.65. The first-order valence-electron chi connectivity index (χ1n) is 11.7. The van der Waals surface area contributed by atoms with Gasteiger partial charge in [-0.25, -0.2) is 9.59 Å². The molecular formula is C27H34O6S. The molecule has 2 rings (SSSR count). The molecule has 7 heteroatoms. The Bertz CT molecular complexity index is 1090. The molecule has 0 saturated heterocycles. The minimum Gasteiger partial charge on any atom is -0.507 e. The van der Waals surface area contributed by atoms with Crippen LogP contribution in [0.2, 0.25) is 0 Å². The molecule has 1 atom stereocenters. The van der Waals surface area contributed by atoms with Crippen LogP contribution in [0.1, 0.15) is 91.1 Å². The molecule has 0 amide bonds. The second-order valence-electron chi connectivity index (χ2n) is 8.37. The van der Waals surface area contributed by atoms with E-state index in [1.165, 1.54) is 43.4 Å². The number of thiophene rings is 1. The van der Waals surface area contributed by atoms with Crippen molar-refractivity contribution < 1.29 is 23.8 Å². The Morgan fingerprint density at radius 1 is 1.24 bits per heavy atom. The Morgan fingerprint density at radius 3 is 2.68 bits per heavy atom. The first-order valence-corrected chi connectivity index (χ1v) is 12.5. The highest BCUT2D eigenvalue weighted by Crippen LogP contribution is 2.27. The number of aromatic hydroxyl groups is 1. The summed E-state index contributed by atoms with van der Waals surface area (Å²) in [5.41, 5.74) is -0.852. The smallest absolute Gasteiger partial charge is 0.351 e. The van der Waals surface area contributed by atoms with Crippen LogP contribution in [0, 0.1) is 0 Å². The lowest BCUT2D eigenvalue weighted by atomic mass is 9.99. The number of aryl methyl sites for hydroxylation is 1. The van der Waals surface area contributed by atoms with Crippen LogP contribution in [0.5, 0.6) is 5.75 Å². The van der Waals surface area contributed by atoms with Crippen molar-refractivity contribution >= 4 is 29.2 Å². The minimum absolute atomic E-state index is 0.191. The summed E-state index contributed by atoms with van der Waals surface area (Å²) < 4.78 is 9.90. The Kier molecular flexibility index (Phi) is 11.0. The van der Waals surface area contributed by atoms with E-state index in [9.17, 15) is 19.5 Å². The van der Waals surface area contributed by atoms with Gasteiger partial charge < -0.3 is 14.3 Å². The van der Waals surface area contributed by atoms with Gasteiger partial charge in [-0.1, -0.05) is 39.2 Å². The van der Waals surface area contributed by atoms with E-state index in [0.717, 1.165) is 17.7 Å². The quantitative estimate of drug-likeness (QED) is 0.152. The minimum atomic E-state index is -0.854. The van der Waals surface area contributed by atoms with E-state index >= 15 is 0 Å². The van der Waals surface area contributed by atoms with Crippen molar-refractivity contribution in [1.29, 1.82) is 0 Å². The van der Waals surface area contributed by atoms with E-state index in [4.69, 9.17) is 4.42 Å². The van der Waals surface area contributed by atoms with Gasteiger partial charge in [0.05, 0.1) is 7.11 Å². The van der Waals surface area contributed by atoms with Gasteiger partial charge in [-0.15, -0.1) is 11.3 Å². The van der Waals surface area contributed by atoms with Crippen LogP contribution in [-0.2, 0) is 16.0 Å². The molecule has 1 N–H and O–H groups in total. The van der Waals surface area contributed by atoms with E-state index in [0.29, 0.717) is 18.4 Å². The number of hydrogen-bond donors (Lipinski definition) is 1. The summed E-state index contributed by atoms with van der Waals surface area (Å²) in [6, 6.07) is 5.37. The van der Waals surface area contributed by atoms with Gasteiger partial charge in [-0.2, -0.15) is 0 Å². The highest BCUT2D eigenvalue weighted by Gasteiger charge is 2.22. The first-order chi connectivity index (χ1) is 16.3. The molecule has 2 heterocycles. The summed E-state index contributed by atoms with van der Waals surface area (Å²) in [6.45, 7) is 5.66. The molecule has 0 radical (unpaired) electrons. The molecule has 0 saturated carbocycles. The van der Waals surface area contributed by atoms with E-state index in [1.807, 2.05) is 13.0 Å². The zero-order chi connectivity index (χ0) is 25.1. The van der Waals surface area contributed by atoms with Gasteiger partial charge in [0.15, 0.2) is 5.78 Å². The van der Waals surface area contributed by atoms with Gasteiger partial charge in [0, 0.05) is 27.8 Å². The number of Topliss-reactive ketones (excluding diaryl/α,β-unsaturated/α-hetero) is 1. The zero-order valence-corrected chi connectivity index (χ0v) is 21.2. The van der Waals surface area contributed by atoms with Gasteiger partial charge in [0.1, 0.15) is 17.1 Å². The Hall–Kier alpha value is -2.93. The van der Waals surface area contributed by atoms with E-state index in [1.54, 1.807) is 30.4 Å².